The number of aromatic nitrogens is 1. The zero-order chi connectivity index (χ0) is 12.1. The molecule has 0 aromatic carbocycles. The Morgan fingerprint density at radius 2 is 1.50 bits per heavy atom. The number of hydrogen-bond donors (Lipinski definition) is 0. The molecule has 0 bridgehead atoms. The van der Waals surface area contributed by atoms with Crippen LogP contribution in [0.4, 0.5) is 0 Å². The maximum absolute atomic E-state index is 4.73. The Labute approximate surface area is 100 Å². The van der Waals surface area contributed by atoms with Crippen molar-refractivity contribution in [3.8, 4) is 0 Å². The van der Waals surface area contributed by atoms with Crippen molar-refractivity contribution < 1.29 is 0 Å². The van der Waals surface area contributed by atoms with Crippen LogP contribution in [0.3, 0.4) is 0 Å². The number of pyridine rings is 1. The monoisotopic (exact) mass is 219 g/mol. The molecule has 0 fully saturated rings. The first-order valence-electron chi connectivity index (χ1n) is 6.51. The van der Waals surface area contributed by atoms with E-state index in [-0.39, 0.29) is 0 Å². The lowest BCUT2D eigenvalue weighted by atomic mass is 9.99. The number of nitrogens with zero attached hydrogens (tertiary/aromatic N) is 1. The first-order valence-corrected chi connectivity index (χ1v) is 6.51. The van der Waals surface area contributed by atoms with Gasteiger partial charge in [0, 0.05) is 11.4 Å². The van der Waals surface area contributed by atoms with Gasteiger partial charge in [0.1, 0.15) is 0 Å². The van der Waals surface area contributed by atoms with Crippen molar-refractivity contribution in [3.05, 3.63) is 28.1 Å². The van der Waals surface area contributed by atoms with Crippen LogP contribution in [0.15, 0.2) is 0 Å². The second kappa shape index (κ2) is 6.03. The molecule has 0 aliphatic carbocycles. The quantitative estimate of drug-likeness (QED) is 0.667. The zero-order valence-corrected chi connectivity index (χ0v) is 11.5. The second-order valence-electron chi connectivity index (χ2n) is 4.83. The fourth-order valence-corrected chi connectivity index (χ4v) is 2.10. The fraction of sp³-hybridized carbons (Fsp3) is 0.667. The van der Waals surface area contributed by atoms with Gasteiger partial charge in [-0.05, 0) is 57.2 Å². The molecule has 0 saturated heterocycles. The molecule has 0 saturated carbocycles. The topological polar surface area (TPSA) is 12.9 Å². The Kier molecular flexibility index (Phi) is 4.98. The van der Waals surface area contributed by atoms with E-state index in [9.17, 15) is 0 Å². The third-order valence-electron chi connectivity index (χ3n) is 3.67. The molecule has 0 N–H and O–H groups in total. The first-order chi connectivity index (χ1) is 7.57. The summed E-state index contributed by atoms with van der Waals surface area (Å²) in [5.41, 5.74) is 6.71. The van der Waals surface area contributed by atoms with Gasteiger partial charge in [-0.25, -0.2) is 0 Å². The van der Waals surface area contributed by atoms with Gasteiger partial charge in [-0.2, -0.15) is 0 Å². The third kappa shape index (κ3) is 3.07. The van der Waals surface area contributed by atoms with Gasteiger partial charge < -0.3 is 0 Å². The Morgan fingerprint density at radius 1 is 0.812 bits per heavy atom. The smallest absolute Gasteiger partial charge is 0.0438 e. The molecule has 0 radical (unpaired) electrons. The summed E-state index contributed by atoms with van der Waals surface area (Å²) >= 11 is 0. The molecule has 1 aromatic rings. The molecular weight excluding hydrogens is 194 g/mol. The summed E-state index contributed by atoms with van der Waals surface area (Å²) < 4.78 is 0. The zero-order valence-electron chi connectivity index (χ0n) is 11.5. The van der Waals surface area contributed by atoms with E-state index in [2.05, 4.69) is 34.6 Å². The van der Waals surface area contributed by atoms with Crippen LogP contribution in [0, 0.1) is 27.7 Å². The molecular formula is C15H25N. The SMILES string of the molecule is CCCCCCc1nc(C)c(C)c(C)c1C. The molecule has 1 rings (SSSR count). The van der Waals surface area contributed by atoms with E-state index in [1.807, 2.05) is 0 Å². The maximum atomic E-state index is 4.73. The Bertz CT molecular complexity index is 353. The summed E-state index contributed by atoms with van der Waals surface area (Å²) in [6.45, 7) is 11.0. The molecule has 0 aliphatic rings. The molecule has 0 atom stereocenters. The van der Waals surface area contributed by atoms with Crippen LogP contribution in [0.2, 0.25) is 0 Å². The first kappa shape index (κ1) is 13.2. The lowest BCUT2D eigenvalue weighted by molar-refractivity contribution is 0.657. The van der Waals surface area contributed by atoms with Crippen LogP contribution in [0.5, 0.6) is 0 Å². The van der Waals surface area contributed by atoms with Gasteiger partial charge in [0.05, 0.1) is 0 Å². The van der Waals surface area contributed by atoms with E-state index in [0.29, 0.717) is 0 Å². The lowest BCUT2D eigenvalue weighted by Gasteiger charge is -2.13. The van der Waals surface area contributed by atoms with Crippen LogP contribution in [0.25, 0.3) is 0 Å². The minimum absolute atomic E-state index is 1.15. The van der Waals surface area contributed by atoms with Gasteiger partial charge in [-0.3, -0.25) is 4.98 Å². The molecule has 0 unspecified atom stereocenters. The van der Waals surface area contributed by atoms with E-state index in [1.54, 1.807) is 0 Å². The Morgan fingerprint density at radius 3 is 2.12 bits per heavy atom. The summed E-state index contributed by atoms with van der Waals surface area (Å²) in [6, 6.07) is 0. The van der Waals surface area contributed by atoms with Crippen LogP contribution in [-0.4, -0.2) is 4.98 Å². The summed E-state index contributed by atoms with van der Waals surface area (Å²) in [5, 5.41) is 0. The van der Waals surface area contributed by atoms with Gasteiger partial charge >= 0.3 is 0 Å². The van der Waals surface area contributed by atoms with E-state index >= 15 is 0 Å². The van der Waals surface area contributed by atoms with Crippen molar-refractivity contribution in [3.63, 3.8) is 0 Å². The summed E-state index contributed by atoms with van der Waals surface area (Å²) in [7, 11) is 0. The molecule has 1 aromatic heterocycles. The van der Waals surface area contributed by atoms with E-state index in [1.165, 1.54) is 53.8 Å². The molecule has 1 heterocycles. The molecule has 90 valence electrons. The average Bonchev–Trinajstić information content (AvgIpc) is 2.28. The molecule has 0 aliphatic heterocycles. The van der Waals surface area contributed by atoms with Gasteiger partial charge in [0.25, 0.3) is 0 Å². The standard InChI is InChI=1S/C15H25N/c1-6-7-8-9-10-15-13(4)11(2)12(3)14(5)16-15/h6-10H2,1-5H3. The van der Waals surface area contributed by atoms with Gasteiger partial charge in [-0.15, -0.1) is 0 Å². The highest BCUT2D eigenvalue weighted by molar-refractivity contribution is 5.37. The number of rotatable bonds is 5. The summed E-state index contributed by atoms with van der Waals surface area (Å²) in [6.07, 6.45) is 6.42. The Balaban J connectivity index is 2.73. The molecule has 16 heavy (non-hydrogen) atoms. The highest BCUT2D eigenvalue weighted by Crippen LogP contribution is 2.19. The highest BCUT2D eigenvalue weighted by atomic mass is 14.7. The summed E-state index contributed by atoms with van der Waals surface area (Å²) in [5.74, 6) is 0. The predicted octanol–water partition coefficient (Wildman–Crippen LogP) is 4.44. The molecule has 1 heteroatoms. The number of hydrogen-bond acceptors (Lipinski definition) is 1. The second-order valence-corrected chi connectivity index (χ2v) is 4.83. The van der Waals surface area contributed by atoms with E-state index in [4.69, 9.17) is 4.98 Å². The average molecular weight is 219 g/mol. The van der Waals surface area contributed by atoms with Crippen LogP contribution >= 0.6 is 0 Å². The predicted molar refractivity (Wildman–Crippen MR) is 71.0 cm³/mol. The minimum atomic E-state index is 1.15. The third-order valence-corrected chi connectivity index (χ3v) is 3.67. The number of unbranched alkanes of at least 4 members (excludes halogenated alkanes) is 3. The molecule has 0 amide bonds. The van der Waals surface area contributed by atoms with Crippen LogP contribution in [-0.2, 0) is 6.42 Å². The van der Waals surface area contributed by atoms with Gasteiger partial charge in [-0.1, -0.05) is 26.2 Å². The van der Waals surface area contributed by atoms with Crippen molar-refractivity contribution in [1.82, 2.24) is 4.98 Å². The van der Waals surface area contributed by atoms with Crippen molar-refractivity contribution in [2.75, 3.05) is 0 Å². The van der Waals surface area contributed by atoms with Gasteiger partial charge in [0.2, 0.25) is 0 Å². The number of aryl methyl sites for hydroxylation is 2. The van der Waals surface area contributed by atoms with Crippen molar-refractivity contribution in [1.29, 1.82) is 0 Å². The van der Waals surface area contributed by atoms with Crippen LogP contribution in [0.1, 0.15) is 60.7 Å². The van der Waals surface area contributed by atoms with E-state index in [0.717, 1.165) is 6.42 Å². The van der Waals surface area contributed by atoms with Crippen molar-refractivity contribution in [2.45, 2.75) is 66.7 Å². The van der Waals surface area contributed by atoms with E-state index < -0.39 is 0 Å². The largest absolute Gasteiger partial charge is 0.258 e. The van der Waals surface area contributed by atoms with Crippen molar-refractivity contribution in [2.24, 2.45) is 0 Å². The summed E-state index contributed by atoms with van der Waals surface area (Å²) in [4.78, 5) is 4.73. The fourth-order valence-electron chi connectivity index (χ4n) is 2.10. The molecule has 0 spiro atoms. The Hall–Kier alpha value is -0.850. The van der Waals surface area contributed by atoms with Crippen molar-refractivity contribution >= 4 is 0 Å². The lowest BCUT2D eigenvalue weighted by Crippen LogP contribution is -2.02. The molecule has 1 nitrogen and oxygen atoms in total. The van der Waals surface area contributed by atoms with Crippen LogP contribution < -0.4 is 0 Å². The van der Waals surface area contributed by atoms with Gasteiger partial charge in [0.15, 0.2) is 0 Å². The minimum Gasteiger partial charge on any atom is -0.258 e. The highest BCUT2D eigenvalue weighted by Gasteiger charge is 2.08. The maximum Gasteiger partial charge on any atom is 0.0438 e. The normalized spacial score (nSPS) is 10.8.